The molecule has 2 aromatic rings. The summed E-state index contributed by atoms with van der Waals surface area (Å²) in [7, 11) is 3.06. The molecule has 2 heterocycles. The Morgan fingerprint density at radius 2 is 1.68 bits per heavy atom. The molecule has 1 saturated heterocycles. The standard InChI is InChI=1S/C29H35FN4O6/c1-5-34-24(18-32-10-12-33(13-11-32)27(35)19-8-7-9-21(30)14-19)25(28(36)40-6-2)26(31-29(34)37)20-15-22(38-3)17-23(16-20)39-4/h7-9,14-17,26H,5-6,10-13,18H2,1-4H3,(H,31,37). The van der Waals surface area contributed by atoms with Gasteiger partial charge >= 0.3 is 12.0 Å². The number of esters is 1. The summed E-state index contributed by atoms with van der Waals surface area (Å²) in [5.74, 6) is -0.176. The molecule has 2 aromatic carbocycles. The lowest BCUT2D eigenvalue weighted by Gasteiger charge is -2.40. The van der Waals surface area contributed by atoms with E-state index in [4.69, 9.17) is 14.2 Å². The van der Waals surface area contributed by atoms with Gasteiger partial charge in [0.25, 0.3) is 5.91 Å². The minimum absolute atomic E-state index is 0.171. The van der Waals surface area contributed by atoms with Crippen molar-refractivity contribution in [2.24, 2.45) is 0 Å². The molecule has 0 aliphatic carbocycles. The summed E-state index contributed by atoms with van der Waals surface area (Å²) in [6.07, 6.45) is 0. The molecule has 1 unspecified atom stereocenters. The molecule has 0 radical (unpaired) electrons. The molecule has 3 amide bonds. The Morgan fingerprint density at radius 1 is 1.00 bits per heavy atom. The van der Waals surface area contributed by atoms with Gasteiger partial charge in [0.1, 0.15) is 17.3 Å². The number of hydrogen-bond acceptors (Lipinski definition) is 7. The summed E-state index contributed by atoms with van der Waals surface area (Å²) < 4.78 is 29.9. The van der Waals surface area contributed by atoms with Crippen LogP contribution < -0.4 is 14.8 Å². The number of amides is 3. The maximum absolute atomic E-state index is 13.6. The molecule has 11 heteroatoms. The van der Waals surface area contributed by atoms with Crippen molar-refractivity contribution in [3.63, 3.8) is 0 Å². The van der Waals surface area contributed by atoms with Gasteiger partial charge in [-0.25, -0.2) is 14.0 Å². The van der Waals surface area contributed by atoms with Crippen LogP contribution in [0.25, 0.3) is 0 Å². The normalized spacial score (nSPS) is 17.9. The summed E-state index contributed by atoms with van der Waals surface area (Å²) in [5.41, 5.74) is 1.79. The fourth-order valence-corrected chi connectivity index (χ4v) is 5.03. The largest absolute Gasteiger partial charge is 0.497 e. The number of nitrogens with zero attached hydrogens (tertiary/aromatic N) is 3. The summed E-state index contributed by atoms with van der Waals surface area (Å²) in [5, 5.41) is 2.95. The number of benzene rings is 2. The Hall–Kier alpha value is -4.12. The summed E-state index contributed by atoms with van der Waals surface area (Å²) in [4.78, 5) is 44.9. The van der Waals surface area contributed by atoms with Crippen LogP contribution in [0.4, 0.5) is 9.18 Å². The first-order valence-corrected chi connectivity index (χ1v) is 13.3. The van der Waals surface area contributed by atoms with Gasteiger partial charge < -0.3 is 24.4 Å². The van der Waals surface area contributed by atoms with E-state index in [1.54, 1.807) is 41.0 Å². The Labute approximate surface area is 233 Å². The average Bonchev–Trinajstić information content (AvgIpc) is 2.96. The molecule has 1 fully saturated rings. The van der Waals surface area contributed by atoms with Crippen molar-refractivity contribution in [1.29, 1.82) is 0 Å². The van der Waals surface area contributed by atoms with E-state index in [0.717, 1.165) is 0 Å². The van der Waals surface area contributed by atoms with Crippen molar-refractivity contribution in [1.82, 2.24) is 20.0 Å². The molecular formula is C29H35FN4O6. The van der Waals surface area contributed by atoms with Gasteiger partial charge in [0.05, 0.1) is 32.4 Å². The van der Waals surface area contributed by atoms with Crippen LogP contribution in [0.3, 0.4) is 0 Å². The maximum Gasteiger partial charge on any atom is 0.338 e. The number of urea groups is 1. The summed E-state index contributed by atoms with van der Waals surface area (Å²) in [6.45, 7) is 6.26. The zero-order chi connectivity index (χ0) is 28.8. The number of methoxy groups -OCH3 is 2. The van der Waals surface area contributed by atoms with Crippen LogP contribution in [0.5, 0.6) is 11.5 Å². The minimum Gasteiger partial charge on any atom is -0.497 e. The molecule has 2 aliphatic rings. The fraction of sp³-hybridized carbons (Fsp3) is 0.414. The highest BCUT2D eigenvalue weighted by atomic mass is 19.1. The van der Waals surface area contributed by atoms with Crippen LogP contribution in [0.1, 0.15) is 35.8 Å². The number of halogens is 1. The highest BCUT2D eigenvalue weighted by Gasteiger charge is 2.39. The molecule has 0 saturated carbocycles. The van der Waals surface area contributed by atoms with Gasteiger partial charge in [0.2, 0.25) is 0 Å². The van der Waals surface area contributed by atoms with E-state index in [9.17, 15) is 18.8 Å². The molecule has 0 aromatic heterocycles. The first-order chi connectivity index (χ1) is 19.3. The van der Waals surface area contributed by atoms with Gasteiger partial charge in [-0.2, -0.15) is 0 Å². The first kappa shape index (κ1) is 28.9. The van der Waals surface area contributed by atoms with Crippen molar-refractivity contribution in [2.75, 3.05) is 60.1 Å². The second-order valence-corrected chi connectivity index (χ2v) is 9.43. The number of likely N-dealkylation sites (N-methyl/N-ethyl adjacent to an activating group) is 1. The smallest absolute Gasteiger partial charge is 0.338 e. The van der Waals surface area contributed by atoms with Gasteiger partial charge in [0.15, 0.2) is 0 Å². The van der Waals surface area contributed by atoms with Crippen LogP contribution in [0.15, 0.2) is 53.7 Å². The van der Waals surface area contributed by atoms with Crippen molar-refractivity contribution < 1.29 is 33.0 Å². The number of carbonyl (C=O) groups excluding carboxylic acids is 3. The van der Waals surface area contributed by atoms with E-state index in [1.165, 1.54) is 32.4 Å². The van der Waals surface area contributed by atoms with Crippen LogP contribution in [0.2, 0.25) is 0 Å². The quantitative estimate of drug-likeness (QED) is 0.475. The molecule has 0 spiro atoms. The number of piperazine rings is 1. The lowest BCUT2D eigenvalue weighted by Crippen LogP contribution is -2.53. The molecule has 40 heavy (non-hydrogen) atoms. The highest BCUT2D eigenvalue weighted by molar-refractivity contribution is 5.95. The van der Waals surface area contributed by atoms with Crippen LogP contribution in [0, 0.1) is 5.82 Å². The Kier molecular flexibility index (Phi) is 9.26. The zero-order valence-corrected chi connectivity index (χ0v) is 23.2. The number of nitrogens with one attached hydrogen (secondary N) is 1. The minimum atomic E-state index is -0.788. The van der Waals surface area contributed by atoms with Gasteiger partial charge in [-0.05, 0) is 49.7 Å². The van der Waals surface area contributed by atoms with Crippen LogP contribution in [-0.2, 0) is 9.53 Å². The third kappa shape index (κ3) is 6.20. The topological polar surface area (TPSA) is 101 Å². The average molecular weight is 555 g/mol. The SMILES string of the molecule is CCOC(=O)C1=C(CN2CCN(C(=O)c3cccc(F)c3)CC2)N(CC)C(=O)NC1c1cc(OC)cc(OC)c1. The number of hydrogen-bond donors (Lipinski definition) is 1. The van der Waals surface area contributed by atoms with Crippen molar-refractivity contribution >= 4 is 17.9 Å². The molecule has 1 atom stereocenters. The molecule has 10 nitrogen and oxygen atoms in total. The lowest BCUT2D eigenvalue weighted by molar-refractivity contribution is -0.139. The summed E-state index contributed by atoms with van der Waals surface area (Å²) in [6, 6.07) is 9.75. The monoisotopic (exact) mass is 554 g/mol. The Morgan fingerprint density at radius 3 is 2.25 bits per heavy atom. The number of carbonyl (C=O) groups is 3. The fourth-order valence-electron chi connectivity index (χ4n) is 5.03. The molecular weight excluding hydrogens is 519 g/mol. The molecule has 0 bridgehead atoms. The van der Waals surface area contributed by atoms with Crippen LogP contribution >= 0.6 is 0 Å². The van der Waals surface area contributed by atoms with Gasteiger partial charge in [-0.15, -0.1) is 0 Å². The van der Waals surface area contributed by atoms with Crippen molar-refractivity contribution in [3.05, 3.63) is 70.7 Å². The third-order valence-corrected chi connectivity index (χ3v) is 7.06. The van der Waals surface area contributed by atoms with E-state index >= 15 is 0 Å². The number of ether oxygens (including phenoxy) is 3. The van der Waals surface area contributed by atoms with E-state index in [2.05, 4.69) is 10.2 Å². The summed E-state index contributed by atoms with van der Waals surface area (Å²) >= 11 is 0. The predicted octanol–water partition coefficient (Wildman–Crippen LogP) is 3.20. The lowest BCUT2D eigenvalue weighted by atomic mass is 9.93. The van der Waals surface area contributed by atoms with Gasteiger partial charge in [-0.3, -0.25) is 14.6 Å². The highest BCUT2D eigenvalue weighted by Crippen LogP contribution is 2.35. The maximum atomic E-state index is 13.6. The number of rotatable bonds is 9. The van der Waals surface area contributed by atoms with E-state index in [0.29, 0.717) is 73.2 Å². The van der Waals surface area contributed by atoms with E-state index < -0.39 is 17.8 Å². The zero-order valence-electron chi connectivity index (χ0n) is 23.2. The molecule has 2 aliphatic heterocycles. The molecule has 214 valence electrons. The van der Waals surface area contributed by atoms with Gasteiger partial charge in [0, 0.05) is 56.6 Å². The van der Waals surface area contributed by atoms with Gasteiger partial charge in [-0.1, -0.05) is 6.07 Å². The predicted molar refractivity (Wildman–Crippen MR) is 146 cm³/mol. The van der Waals surface area contributed by atoms with Crippen molar-refractivity contribution in [3.8, 4) is 11.5 Å². The van der Waals surface area contributed by atoms with Crippen molar-refractivity contribution in [2.45, 2.75) is 19.9 Å². The second-order valence-electron chi connectivity index (χ2n) is 9.43. The Balaban J connectivity index is 1.64. The molecule has 1 N–H and O–H groups in total. The Bertz CT molecular complexity index is 1270. The first-order valence-electron chi connectivity index (χ1n) is 13.3. The molecule has 4 rings (SSSR count). The second kappa shape index (κ2) is 12.8. The van der Waals surface area contributed by atoms with Crippen LogP contribution in [-0.4, -0.2) is 92.7 Å². The third-order valence-electron chi connectivity index (χ3n) is 7.06. The van der Waals surface area contributed by atoms with E-state index in [1.807, 2.05) is 6.92 Å². The van der Waals surface area contributed by atoms with E-state index in [-0.39, 0.29) is 18.5 Å².